The molecule has 0 saturated heterocycles. The van der Waals surface area contributed by atoms with Gasteiger partial charge in [-0.2, -0.15) is 5.10 Å². The summed E-state index contributed by atoms with van der Waals surface area (Å²) in [6.07, 6.45) is 0. The fourth-order valence-corrected chi connectivity index (χ4v) is 3.04. The van der Waals surface area contributed by atoms with E-state index in [0.717, 1.165) is 4.88 Å². The van der Waals surface area contributed by atoms with Crippen LogP contribution in [-0.2, 0) is 0 Å². The number of aromatic nitrogens is 2. The number of nitro groups is 1. The Morgan fingerprint density at radius 2 is 2.19 bits per heavy atom. The van der Waals surface area contributed by atoms with Crippen molar-refractivity contribution in [2.45, 2.75) is 0 Å². The molecule has 0 atom stereocenters. The van der Waals surface area contributed by atoms with Gasteiger partial charge in [0.1, 0.15) is 0 Å². The SMILES string of the molecule is Nc1n[nH]c(-c2ccc(Cl)cc2[N+](=O)[O-])c1-c1cccs1. The molecule has 0 amide bonds. The summed E-state index contributed by atoms with van der Waals surface area (Å²) in [5.74, 6) is 0.302. The first-order chi connectivity index (χ1) is 10.1. The van der Waals surface area contributed by atoms with Gasteiger partial charge in [0, 0.05) is 16.0 Å². The van der Waals surface area contributed by atoms with Crippen molar-refractivity contribution in [3.8, 4) is 21.7 Å². The van der Waals surface area contributed by atoms with Gasteiger partial charge in [0.15, 0.2) is 5.82 Å². The number of nitrogens with zero attached hydrogens (tertiary/aromatic N) is 2. The summed E-state index contributed by atoms with van der Waals surface area (Å²) in [5.41, 5.74) is 7.38. The molecule has 3 rings (SSSR count). The van der Waals surface area contributed by atoms with Gasteiger partial charge in [-0.1, -0.05) is 17.7 Å². The van der Waals surface area contributed by atoms with E-state index in [4.69, 9.17) is 17.3 Å². The number of hydrogen-bond acceptors (Lipinski definition) is 5. The van der Waals surface area contributed by atoms with Crippen molar-refractivity contribution in [3.05, 3.63) is 50.8 Å². The molecule has 21 heavy (non-hydrogen) atoms. The fourth-order valence-electron chi connectivity index (χ4n) is 2.09. The number of nitrogens with two attached hydrogens (primary N) is 1. The predicted octanol–water partition coefficient (Wildman–Crippen LogP) is 3.95. The zero-order chi connectivity index (χ0) is 15.0. The molecule has 0 aliphatic rings. The van der Waals surface area contributed by atoms with Gasteiger partial charge in [-0.25, -0.2) is 0 Å². The monoisotopic (exact) mass is 320 g/mol. The van der Waals surface area contributed by atoms with E-state index in [1.54, 1.807) is 12.1 Å². The number of halogens is 1. The summed E-state index contributed by atoms with van der Waals surface area (Å²) < 4.78 is 0. The van der Waals surface area contributed by atoms with Crippen molar-refractivity contribution >= 4 is 34.4 Å². The second-order valence-corrected chi connectivity index (χ2v) is 5.64. The smallest absolute Gasteiger partial charge is 0.280 e. The summed E-state index contributed by atoms with van der Waals surface area (Å²) >= 11 is 7.33. The molecule has 0 unspecified atom stereocenters. The highest BCUT2D eigenvalue weighted by atomic mass is 35.5. The summed E-state index contributed by atoms with van der Waals surface area (Å²) in [4.78, 5) is 11.6. The minimum atomic E-state index is -0.476. The van der Waals surface area contributed by atoms with E-state index in [0.29, 0.717) is 27.7 Å². The second-order valence-electron chi connectivity index (χ2n) is 4.25. The molecule has 0 spiro atoms. The minimum absolute atomic E-state index is 0.0936. The molecule has 0 aliphatic heterocycles. The van der Waals surface area contributed by atoms with Crippen LogP contribution in [0.3, 0.4) is 0 Å². The van der Waals surface area contributed by atoms with Crippen molar-refractivity contribution in [1.82, 2.24) is 10.2 Å². The first-order valence-electron chi connectivity index (χ1n) is 5.90. The lowest BCUT2D eigenvalue weighted by Gasteiger charge is -2.04. The molecule has 0 fully saturated rings. The van der Waals surface area contributed by atoms with E-state index in [1.807, 2.05) is 17.5 Å². The number of benzene rings is 1. The van der Waals surface area contributed by atoms with Crippen LogP contribution in [0.15, 0.2) is 35.7 Å². The van der Waals surface area contributed by atoms with Crippen LogP contribution in [0, 0.1) is 10.1 Å². The molecular formula is C13H9ClN4O2S. The molecule has 0 aliphatic carbocycles. The first-order valence-corrected chi connectivity index (χ1v) is 7.15. The van der Waals surface area contributed by atoms with E-state index in [9.17, 15) is 10.1 Å². The third kappa shape index (κ3) is 2.37. The van der Waals surface area contributed by atoms with E-state index in [1.165, 1.54) is 17.4 Å². The van der Waals surface area contributed by atoms with Crippen molar-refractivity contribution in [3.63, 3.8) is 0 Å². The van der Waals surface area contributed by atoms with E-state index in [-0.39, 0.29) is 5.69 Å². The molecule has 3 N–H and O–H groups in total. The molecule has 0 radical (unpaired) electrons. The number of H-pyrrole nitrogens is 1. The van der Waals surface area contributed by atoms with Gasteiger partial charge in [-0.15, -0.1) is 11.3 Å². The van der Waals surface area contributed by atoms with Crippen molar-refractivity contribution < 1.29 is 4.92 Å². The number of nitrogen functional groups attached to an aromatic ring is 1. The van der Waals surface area contributed by atoms with Crippen molar-refractivity contribution in [1.29, 1.82) is 0 Å². The zero-order valence-corrected chi connectivity index (χ0v) is 12.1. The van der Waals surface area contributed by atoms with Crippen molar-refractivity contribution in [2.75, 3.05) is 5.73 Å². The van der Waals surface area contributed by atoms with Crippen LogP contribution in [0.5, 0.6) is 0 Å². The van der Waals surface area contributed by atoms with Gasteiger partial charge in [0.2, 0.25) is 0 Å². The third-order valence-corrected chi connectivity index (χ3v) is 4.11. The number of nitro benzene ring substituents is 1. The van der Waals surface area contributed by atoms with Crippen molar-refractivity contribution in [2.24, 2.45) is 0 Å². The van der Waals surface area contributed by atoms with Crippen LogP contribution in [0.2, 0.25) is 5.02 Å². The van der Waals surface area contributed by atoms with Crippen LogP contribution in [-0.4, -0.2) is 15.1 Å². The Labute approximate surface area is 128 Å². The fraction of sp³-hybridized carbons (Fsp3) is 0. The molecule has 2 heterocycles. The quantitative estimate of drug-likeness (QED) is 0.564. The second kappa shape index (κ2) is 5.19. The topological polar surface area (TPSA) is 97.8 Å². The van der Waals surface area contributed by atoms with E-state index in [2.05, 4.69) is 10.2 Å². The number of thiophene rings is 1. The van der Waals surface area contributed by atoms with Crippen LogP contribution in [0.1, 0.15) is 0 Å². The normalized spacial score (nSPS) is 10.7. The van der Waals surface area contributed by atoms with E-state index >= 15 is 0 Å². The van der Waals surface area contributed by atoms with Gasteiger partial charge in [-0.05, 0) is 23.6 Å². The third-order valence-electron chi connectivity index (χ3n) is 2.99. The minimum Gasteiger partial charge on any atom is -0.382 e. The number of rotatable bonds is 3. The summed E-state index contributed by atoms with van der Waals surface area (Å²) in [6.45, 7) is 0. The maximum absolute atomic E-state index is 11.2. The lowest BCUT2D eigenvalue weighted by molar-refractivity contribution is -0.384. The average molecular weight is 321 g/mol. The Morgan fingerprint density at radius 3 is 2.86 bits per heavy atom. The molecule has 3 aromatic rings. The lowest BCUT2D eigenvalue weighted by Crippen LogP contribution is -1.93. The Kier molecular flexibility index (Phi) is 3.36. The Balaban J connectivity index is 2.26. The average Bonchev–Trinajstić information content (AvgIpc) is 3.07. The zero-order valence-electron chi connectivity index (χ0n) is 10.5. The van der Waals surface area contributed by atoms with Gasteiger partial charge < -0.3 is 5.73 Å². The molecule has 8 heteroatoms. The summed E-state index contributed by atoms with van der Waals surface area (Å²) in [6, 6.07) is 8.26. The van der Waals surface area contributed by atoms with Crippen LogP contribution >= 0.6 is 22.9 Å². The molecule has 0 bridgehead atoms. The summed E-state index contributed by atoms with van der Waals surface area (Å²) in [7, 11) is 0. The number of aromatic amines is 1. The lowest BCUT2D eigenvalue weighted by atomic mass is 10.0. The van der Waals surface area contributed by atoms with Crippen LogP contribution in [0.25, 0.3) is 21.7 Å². The Bertz CT molecular complexity index is 814. The Morgan fingerprint density at radius 1 is 1.38 bits per heavy atom. The highest BCUT2D eigenvalue weighted by molar-refractivity contribution is 7.13. The first kappa shape index (κ1) is 13.6. The predicted molar refractivity (Wildman–Crippen MR) is 83.4 cm³/mol. The summed E-state index contributed by atoms with van der Waals surface area (Å²) in [5, 5.41) is 20.2. The molecule has 2 aromatic heterocycles. The standard InChI is InChI=1S/C13H9ClN4O2S/c14-7-3-4-8(9(6-7)18(19)20)12-11(13(15)17-16-12)10-2-1-5-21-10/h1-6H,(H3,15,16,17). The molecular weight excluding hydrogens is 312 g/mol. The van der Waals surface area contributed by atoms with E-state index < -0.39 is 4.92 Å². The molecule has 6 nitrogen and oxygen atoms in total. The highest BCUT2D eigenvalue weighted by Gasteiger charge is 2.23. The largest absolute Gasteiger partial charge is 0.382 e. The molecule has 106 valence electrons. The number of hydrogen-bond donors (Lipinski definition) is 2. The van der Waals surface area contributed by atoms with Crippen LogP contribution < -0.4 is 5.73 Å². The highest BCUT2D eigenvalue weighted by Crippen LogP contribution is 2.41. The van der Waals surface area contributed by atoms with Gasteiger partial charge in [0.05, 0.1) is 21.7 Å². The molecule has 0 saturated carbocycles. The maximum atomic E-state index is 11.2. The Hall–Kier alpha value is -2.38. The van der Waals surface area contributed by atoms with Gasteiger partial charge in [-0.3, -0.25) is 15.2 Å². The number of anilines is 1. The van der Waals surface area contributed by atoms with Gasteiger partial charge >= 0.3 is 0 Å². The number of nitrogens with one attached hydrogen (secondary N) is 1. The maximum Gasteiger partial charge on any atom is 0.280 e. The van der Waals surface area contributed by atoms with Crippen LogP contribution in [0.4, 0.5) is 11.5 Å². The van der Waals surface area contributed by atoms with Gasteiger partial charge in [0.25, 0.3) is 5.69 Å². The molecule has 1 aromatic carbocycles.